The van der Waals surface area contributed by atoms with E-state index in [2.05, 4.69) is 15.3 Å². The maximum atomic E-state index is 12.5. The van der Waals surface area contributed by atoms with Crippen molar-refractivity contribution in [2.75, 3.05) is 19.0 Å². The van der Waals surface area contributed by atoms with Crippen LogP contribution < -0.4 is 20.5 Å². The van der Waals surface area contributed by atoms with Crippen LogP contribution in [0.4, 0.5) is 5.69 Å². The molecule has 4 rings (SSSR count). The summed E-state index contributed by atoms with van der Waals surface area (Å²) in [6, 6.07) is 10.9. The Hall–Kier alpha value is -3.22. The number of H-pyrrole nitrogens is 2. The zero-order valence-corrected chi connectivity index (χ0v) is 13.6. The van der Waals surface area contributed by atoms with E-state index >= 15 is 0 Å². The predicted molar refractivity (Wildman–Crippen MR) is 93.2 cm³/mol. The molecule has 0 fully saturated rings. The minimum Gasteiger partial charge on any atom is -0.497 e. The lowest BCUT2D eigenvalue weighted by Crippen LogP contribution is -2.32. The molecule has 1 aromatic heterocycles. The second-order valence-electron chi connectivity index (χ2n) is 6.01. The first-order valence-corrected chi connectivity index (χ1v) is 7.95. The normalized spacial score (nSPS) is 16.1. The molecular weight excluding hydrogens is 322 g/mol. The number of aromatic nitrogens is 2. The third-order valence-electron chi connectivity index (χ3n) is 4.33. The fourth-order valence-corrected chi connectivity index (χ4v) is 3.00. The minimum absolute atomic E-state index is 0.112. The Morgan fingerprint density at radius 1 is 1.20 bits per heavy atom. The summed E-state index contributed by atoms with van der Waals surface area (Å²) in [6.45, 7) is 0.315. The molecule has 1 amide bonds. The molecule has 3 N–H and O–H groups in total. The first-order chi connectivity index (χ1) is 12.1. The first kappa shape index (κ1) is 15.3. The Bertz CT molecular complexity index is 1000. The van der Waals surface area contributed by atoms with Crippen LogP contribution in [0, 0.1) is 5.92 Å². The molecule has 128 valence electrons. The Kier molecular flexibility index (Phi) is 3.68. The number of benzene rings is 2. The van der Waals surface area contributed by atoms with Gasteiger partial charge in [-0.05, 0) is 36.2 Å². The van der Waals surface area contributed by atoms with Crippen LogP contribution >= 0.6 is 0 Å². The molecule has 1 aliphatic rings. The van der Waals surface area contributed by atoms with Crippen LogP contribution in [-0.4, -0.2) is 29.6 Å². The predicted octanol–water partition coefficient (Wildman–Crippen LogP) is 2.05. The van der Waals surface area contributed by atoms with Crippen molar-refractivity contribution in [2.45, 2.75) is 6.42 Å². The van der Waals surface area contributed by atoms with E-state index in [1.165, 1.54) is 0 Å². The van der Waals surface area contributed by atoms with Crippen LogP contribution in [0.1, 0.15) is 5.56 Å². The molecule has 2 aromatic carbocycles. The maximum absolute atomic E-state index is 12.5. The van der Waals surface area contributed by atoms with Crippen molar-refractivity contribution in [3.05, 3.63) is 52.4 Å². The van der Waals surface area contributed by atoms with Gasteiger partial charge in [-0.2, -0.15) is 0 Å². The van der Waals surface area contributed by atoms with Gasteiger partial charge in [0.25, 0.3) is 0 Å². The van der Waals surface area contributed by atoms with Crippen LogP contribution in [0.2, 0.25) is 0 Å². The van der Waals surface area contributed by atoms with Gasteiger partial charge in [-0.15, -0.1) is 0 Å². The van der Waals surface area contributed by atoms with Gasteiger partial charge < -0.3 is 24.8 Å². The van der Waals surface area contributed by atoms with E-state index in [1.807, 2.05) is 18.2 Å². The largest absolute Gasteiger partial charge is 0.497 e. The van der Waals surface area contributed by atoms with Crippen molar-refractivity contribution >= 4 is 22.6 Å². The number of carbonyl (C=O) groups excluding carboxylic acids is 1. The second kappa shape index (κ2) is 6.01. The van der Waals surface area contributed by atoms with Gasteiger partial charge in [0.2, 0.25) is 5.91 Å². The summed E-state index contributed by atoms with van der Waals surface area (Å²) < 4.78 is 10.9. The van der Waals surface area contributed by atoms with Gasteiger partial charge in [0.1, 0.15) is 18.1 Å². The fourth-order valence-electron chi connectivity index (χ4n) is 3.00. The van der Waals surface area contributed by atoms with Gasteiger partial charge in [-0.1, -0.05) is 6.07 Å². The molecule has 1 atom stereocenters. The molecule has 1 aliphatic heterocycles. The molecule has 0 spiro atoms. The highest BCUT2D eigenvalue weighted by atomic mass is 16.5. The summed E-state index contributed by atoms with van der Waals surface area (Å²) in [5.41, 5.74) is 2.70. The van der Waals surface area contributed by atoms with E-state index in [1.54, 1.807) is 25.3 Å². The number of anilines is 1. The summed E-state index contributed by atoms with van der Waals surface area (Å²) in [6.07, 6.45) is 0.606. The number of imidazole rings is 1. The molecule has 0 saturated carbocycles. The standard InChI is InChI=1S/C18H17N3O4/c1-24-13-4-2-10-6-11(9-25-16(10)8-13)17(22)19-12-3-5-14-15(7-12)21-18(23)20-14/h2-5,7-8,11H,6,9H2,1H3,(H,19,22)(H2,20,21,23). The van der Waals surface area contributed by atoms with Gasteiger partial charge >= 0.3 is 5.69 Å². The molecule has 0 aliphatic carbocycles. The molecule has 0 radical (unpaired) electrons. The number of amides is 1. The summed E-state index contributed by atoms with van der Waals surface area (Å²) in [7, 11) is 1.61. The van der Waals surface area contributed by atoms with Crippen molar-refractivity contribution < 1.29 is 14.3 Å². The Balaban J connectivity index is 1.49. The molecule has 1 unspecified atom stereocenters. The molecule has 7 nitrogen and oxygen atoms in total. The smallest absolute Gasteiger partial charge is 0.323 e. The summed E-state index contributed by atoms with van der Waals surface area (Å²) in [5.74, 6) is 1.10. The van der Waals surface area contributed by atoms with E-state index in [4.69, 9.17) is 9.47 Å². The third kappa shape index (κ3) is 2.96. The number of aromatic amines is 2. The minimum atomic E-state index is -0.276. The molecule has 7 heteroatoms. The summed E-state index contributed by atoms with van der Waals surface area (Å²) >= 11 is 0. The number of methoxy groups -OCH3 is 1. The Labute approximate surface area is 143 Å². The Morgan fingerprint density at radius 3 is 2.88 bits per heavy atom. The van der Waals surface area contributed by atoms with Gasteiger partial charge in [-0.25, -0.2) is 4.79 Å². The van der Waals surface area contributed by atoms with E-state index < -0.39 is 0 Å². The number of rotatable bonds is 3. The highest BCUT2D eigenvalue weighted by Crippen LogP contribution is 2.31. The lowest BCUT2D eigenvalue weighted by atomic mass is 9.96. The number of carbonyl (C=O) groups is 1. The molecule has 2 heterocycles. The highest BCUT2D eigenvalue weighted by Gasteiger charge is 2.26. The van der Waals surface area contributed by atoms with Crippen molar-refractivity contribution in [1.82, 2.24) is 9.97 Å². The van der Waals surface area contributed by atoms with E-state index in [-0.39, 0.29) is 17.5 Å². The monoisotopic (exact) mass is 339 g/mol. The fraction of sp³-hybridized carbons (Fsp3) is 0.222. The van der Waals surface area contributed by atoms with E-state index in [9.17, 15) is 9.59 Å². The topological polar surface area (TPSA) is 96.2 Å². The van der Waals surface area contributed by atoms with Crippen LogP contribution in [0.25, 0.3) is 11.0 Å². The number of hydrogen-bond donors (Lipinski definition) is 3. The van der Waals surface area contributed by atoms with Gasteiger partial charge in [-0.3, -0.25) is 4.79 Å². The average Bonchev–Trinajstić information content (AvgIpc) is 3.00. The van der Waals surface area contributed by atoms with Gasteiger partial charge in [0.15, 0.2) is 0 Å². The zero-order chi connectivity index (χ0) is 17.4. The lowest BCUT2D eigenvalue weighted by Gasteiger charge is -2.25. The van der Waals surface area contributed by atoms with Gasteiger partial charge in [0.05, 0.1) is 24.1 Å². The van der Waals surface area contributed by atoms with Crippen LogP contribution in [0.15, 0.2) is 41.2 Å². The number of fused-ring (bicyclic) bond motifs is 2. The molecule has 0 bridgehead atoms. The van der Waals surface area contributed by atoms with Gasteiger partial charge in [0, 0.05) is 11.8 Å². The Morgan fingerprint density at radius 2 is 2.04 bits per heavy atom. The van der Waals surface area contributed by atoms with Crippen molar-refractivity contribution in [2.24, 2.45) is 5.92 Å². The van der Waals surface area contributed by atoms with E-state index in [0.29, 0.717) is 29.7 Å². The lowest BCUT2D eigenvalue weighted by molar-refractivity contribution is -0.121. The van der Waals surface area contributed by atoms with Crippen molar-refractivity contribution in [1.29, 1.82) is 0 Å². The molecule has 25 heavy (non-hydrogen) atoms. The average molecular weight is 339 g/mol. The zero-order valence-electron chi connectivity index (χ0n) is 13.6. The SMILES string of the molecule is COc1ccc2c(c1)OCC(C(=O)Nc1ccc3[nH]c(=O)[nH]c3c1)C2. The van der Waals surface area contributed by atoms with Crippen LogP contribution in [-0.2, 0) is 11.2 Å². The summed E-state index contributed by atoms with van der Waals surface area (Å²) in [4.78, 5) is 29.2. The van der Waals surface area contributed by atoms with Crippen LogP contribution in [0.3, 0.4) is 0 Å². The van der Waals surface area contributed by atoms with Crippen LogP contribution in [0.5, 0.6) is 11.5 Å². The number of nitrogens with one attached hydrogen (secondary N) is 3. The molecule has 3 aromatic rings. The molecule has 0 saturated heterocycles. The van der Waals surface area contributed by atoms with E-state index in [0.717, 1.165) is 17.1 Å². The highest BCUT2D eigenvalue weighted by molar-refractivity contribution is 5.94. The number of hydrogen-bond acceptors (Lipinski definition) is 4. The van der Waals surface area contributed by atoms with Crippen molar-refractivity contribution in [3.63, 3.8) is 0 Å². The van der Waals surface area contributed by atoms with Crippen molar-refractivity contribution in [3.8, 4) is 11.5 Å². The number of ether oxygens (including phenoxy) is 2. The first-order valence-electron chi connectivity index (χ1n) is 7.95. The second-order valence-corrected chi connectivity index (χ2v) is 6.01. The maximum Gasteiger partial charge on any atom is 0.323 e. The quantitative estimate of drug-likeness (QED) is 0.680. The summed E-state index contributed by atoms with van der Waals surface area (Å²) in [5, 5.41) is 2.89. The third-order valence-corrected chi connectivity index (χ3v) is 4.33. The molecular formula is C18H17N3O4.